The van der Waals surface area contributed by atoms with Gasteiger partial charge in [0, 0.05) is 43.1 Å². The summed E-state index contributed by atoms with van der Waals surface area (Å²) < 4.78 is 0. The Kier molecular flexibility index (Phi) is 8.80. The molecule has 7 nitrogen and oxygen atoms in total. The fraction of sp³-hybridized carbons (Fsp3) is 0.452. The highest BCUT2D eigenvalue weighted by Gasteiger charge is 2.26. The lowest BCUT2D eigenvalue weighted by molar-refractivity contribution is -0.120. The molecule has 1 fully saturated rings. The number of amides is 2. The van der Waals surface area contributed by atoms with E-state index in [4.69, 9.17) is 0 Å². The van der Waals surface area contributed by atoms with Crippen LogP contribution in [0.15, 0.2) is 53.0 Å². The third kappa shape index (κ3) is 6.40. The predicted octanol–water partition coefficient (Wildman–Crippen LogP) is 4.21. The smallest absolute Gasteiger partial charge is 0.254 e. The van der Waals surface area contributed by atoms with Crippen molar-refractivity contribution in [3.63, 3.8) is 0 Å². The monoisotopic (exact) mass is 515 g/mol. The van der Waals surface area contributed by atoms with Gasteiger partial charge >= 0.3 is 0 Å². The van der Waals surface area contributed by atoms with Crippen LogP contribution in [0.2, 0.25) is 0 Å². The molecule has 202 valence electrons. The Morgan fingerprint density at radius 3 is 2.34 bits per heavy atom. The Morgan fingerprint density at radius 1 is 1.03 bits per heavy atom. The second-order valence-electron chi connectivity index (χ2n) is 10.9. The number of carbonyl (C=O) groups excluding carboxylic acids is 2. The van der Waals surface area contributed by atoms with Crippen LogP contribution in [0.25, 0.3) is 11.1 Å². The molecular weight excluding hydrogens is 474 g/mol. The zero-order chi connectivity index (χ0) is 27.4. The number of dihydropyridines is 1. The number of hydrogen-bond acceptors (Lipinski definition) is 5. The van der Waals surface area contributed by atoms with Crippen LogP contribution in [0, 0.1) is 12.8 Å². The summed E-state index contributed by atoms with van der Waals surface area (Å²) in [5.74, 6) is -0.787. The largest absolute Gasteiger partial charge is 0.371 e. The average molecular weight is 516 g/mol. The Morgan fingerprint density at radius 2 is 1.71 bits per heavy atom. The number of allylic oxidation sites excluding steroid dienone is 1. The van der Waals surface area contributed by atoms with E-state index in [-0.39, 0.29) is 18.4 Å². The molecule has 1 saturated heterocycles. The number of aliphatic imine (C=N–C) groups is 1. The summed E-state index contributed by atoms with van der Waals surface area (Å²) in [7, 11) is 6.26. The van der Waals surface area contributed by atoms with E-state index in [2.05, 4.69) is 76.9 Å². The first kappa shape index (κ1) is 27.7. The average Bonchev–Trinajstić information content (AvgIpc) is 2.88. The topological polar surface area (TPSA) is 77.0 Å². The third-order valence-electron chi connectivity index (χ3n) is 7.68. The molecule has 2 aliphatic heterocycles. The molecule has 0 saturated carbocycles. The van der Waals surface area contributed by atoms with Gasteiger partial charge in [-0.05, 0) is 101 Å². The second-order valence-corrected chi connectivity index (χ2v) is 10.9. The normalized spacial score (nSPS) is 18.3. The standard InChI is InChI=1S/C31H41N5O2/c1-20-15-21(2)34-31(38)28(20)18-33-30(37)27-16-25(24-9-7-23(8-10-24)19-35(4)5)17-29(22(27)3)36(6)26-11-13-32-14-12-26/h7-10,15-17,26,28,32H,11-14,18-19H2,1-6H3,(H,33,37). The molecule has 0 aliphatic carbocycles. The Balaban J connectivity index is 1.65. The van der Waals surface area contributed by atoms with Crippen LogP contribution in [0.1, 0.15) is 48.2 Å². The van der Waals surface area contributed by atoms with Gasteiger partial charge in [0.1, 0.15) is 0 Å². The van der Waals surface area contributed by atoms with Gasteiger partial charge in [0.15, 0.2) is 0 Å². The van der Waals surface area contributed by atoms with Crippen LogP contribution in [0.4, 0.5) is 5.69 Å². The van der Waals surface area contributed by atoms with E-state index in [1.54, 1.807) is 0 Å². The van der Waals surface area contributed by atoms with Crippen molar-refractivity contribution in [2.24, 2.45) is 10.9 Å². The van der Waals surface area contributed by atoms with Crippen LogP contribution in [0.3, 0.4) is 0 Å². The highest BCUT2D eigenvalue weighted by molar-refractivity contribution is 6.06. The number of carbonyl (C=O) groups is 2. The minimum atomic E-state index is -0.424. The van der Waals surface area contributed by atoms with Gasteiger partial charge in [-0.25, -0.2) is 4.99 Å². The maximum atomic E-state index is 13.6. The van der Waals surface area contributed by atoms with Crippen LogP contribution >= 0.6 is 0 Å². The van der Waals surface area contributed by atoms with Crippen LogP contribution < -0.4 is 15.5 Å². The summed E-state index contributed by atoms with van der Waals surface area (Å²) >= 11 is 0. The van der Waals surface area contributed by atoms with Crippen molar-refractivity contribution in [3.05, 3.63) is 64.7 Å². The molecule has 2 aromatic carbocycles. The summed E-state index contributed by atoms with van der Waals surface area (Å²) in [6.07, 6.45) is 4.04. The molecule has 1 atom stereocenters. The molecule has 4 rings (SSSR count). The maximum Gasteiger partial charge on any atom is 0.254 e. The Bertz CT molecular complexity index is 1240. The zero-order valence-corrected chi connectivity index (χ0v) is 23.6. The summed E-state index contributed by atoms with van der Waals surface area (Å²) in [5, 5.41) is 6.48. The van der Waals surface area contributed by atoms with Gasteiger partial charge in [-0.15, -0.1) is 0 Å². The summed E-state index contributed by atoms with van der Waals surface area (Å²) in [5.41, 5.74) is 7.63. The number of rotatable bonds is 8. The number of nitrogens with zero attached hydrogens (tertiary/aromatic N) is 3. The molecule has 0 aromatic heterocycles. The lowest BCUT2D eigenvalue weighted by atomic mass is 9.94. The fourth-order valence-corrected chi connectivity index (χ4v) is 5.47. The van der Waals surface area contributed by atoms with E-state index in [0.29, 0.717) is 17.3 Å². The lowest BCUT2D eigenvalue weighted by Crippen LogP contribution is -2.41. The molecule has 0 bridgehead atoms. The molecular formula is C31H41N5O2. The minimum Gasteiger partial charge on any atom is -0.371 e. The Labute approximate surface area is 227 Å². The van der Waals surface area contributed by atoms with Crippen molar-refractivity contribution in [2.75, 3.05) is 45.7 Å². The van der Waals surface area contributed by atoms with E-state index in [1.807, 2.05) is 32.9 Å². The maximum absolute atomic E-state index is 13.6. The van der Waals surface area contributed by atoms with Crippen molar-refractivity contribution in [2.45, 2.75) is 46.2 Å². The molecule has 2 aliphatic rings. The number of benzene rings is 2. The molecule has 7 heteroatoms. The van der Waals surface area contributed by atoms with E-state index < -0.39 is 5.92 Å². The van der Waals surface area contributed by atoms with Crippen molar-refractivity contribution < 1.29 is 9.59 Å². The molecule has 2 N–H and O–H groups in total. The number of piperidine rings is 1. The van der Waals surface area contributed by atoms with Crippen molar-refractivity contribution in [3.8, 4) is 11.1 Å². The molecule has 2 amide bonds. The van der Waals surface area contributed by atoms with Gasteiger partial charge in [-0.1, -0.05) is 29.8 Å². The van der Waals surface area contributed by atoms with E-state index in [0.717, 1.165) is 60.4 Å². The van der Waals surface area contributed by atoms with Gasteiger partial charge in [0.2, 0.25) is 0 Å². The first-order valence-corrected chi connectivity index (χ1v) is 13.5. The Hall–Kier alpha value is -3.29. The summed E-state index contributed by atoms with van der Waals surface area (Å²) in [6.45, 7) is 8.87. The van der Waals surface area contributed by atoms with Crippen LogP contribution in [0.5, 0.6) is 0 Å². The first-order chi connectivity index (χ1) is 18.1. The van der Waals surface area contributed by atoms with Crippen molar-refractivity contribution in [1.82, 2.24) is 15.5 Å². The van der Waals surface area contributed by atoms with Crippen LogP contribution in [-0.4, -0.2) is 69.2 Å². The highest BCUT2D eigenvalue weighted by atomic mass is 16.2. The van der Waals surface area contributed by atoms with Gasteiger partial charge in [0.05, 0.1) is 5.92 Å². The zero-order valence-electron chi connectivity index (χ0n) is 23.6. The van der Waals surface area contributed by atoms with Crippen molar-refractivity contribution >= 4 is 23.2 Å². The molecule has 1 unspecified atom stereocenters. The number of nitrogens with one attached hydrogen (secondary N) is 2. The molecule has 2 aromatic rings. The second kappa shape index (κ2) is 12.0. The third-order valence-corrected chi connectivity index (χ3v) is 7.68. The van der Waals surface area contributed by atoms with E-state index in [1.165, 1.54) is 5.56 Å². The molecule has 2 heterocycles. The van der Waals surface area contributed by atoms with Gasteiger partial charge in [-0.3, -0.25) is 9.59 Å². The van der Waals surface area contributed by atoms with E-state index >= 15 is 0 Å². The lowest BCUT2D eigenvalue weighted by Gasteiger charge is -2.35. The molecule has 0 spiro atoms. The van der Waals surface area contributed by atoms with Gasteiger partial charge < -0.3 is 20.4 Å². The quantitative estimate of drug-likeness (QED) is 0.551. The SMILES string of the molecule is CC1=CC(C)=NC(=O)C1CNC(=O)c1cc(-c2ccc(CN(C)C)cc2)cc(N(C)C2CCNCC2)c1C. The number of anilines is 1. The van der Waals surface area contributed by atoms with Crippen LogP contribution in [-0.2, 0) is 11.3 Å². The number of hydrogen-bond donors (Lipinski definition) is 2. The molecule has 0 radical (unpaired) electrons. The molecule has 38 heavy (non-hydrogen) atoms. The first-order valence-electron chi connectivity index (χ1n) is 13.5. The fourth-order valence-electron chi connectivity index (χ4n) is 5.47. The predicted molar refractivity (Wildman–Crippen MR) is 156 cm³/mol. The van der Waals surface area contributed by atoms with Crippen molar-refractivity contribution in [1.29, 1.82) is 0 Å². The van der Waals surface area contributed by atoms with E-state index in [9.17, 15) is 9.59 Å². The minimum absolute atomic E-state index is 0.166. The van der Waals surface area contributed by atoms with Gasteiger partial charge in [0.25, 0.3) is 11.8 Å². The van der Waals surface area contributed by atoms with Gasteiger partial charge in [-0.2, -0.15) is 0 Å². The summed E-state index contributed by atoms with van der Waals surface area (Å²) in [4.78, 5) is 34.6. The highest BCUT2D eigenvalue weighted by Crippen LogP contribution is 2.33. The summed E-state index contributed by atoms with van der Waals surface area (Å²) in [6, 6.07) is 13.2.